The van der Waals surface area contributed by atoms with Gasteiger partial charge in [-0.25, -0.2) is 19.9 Å². The van der Waals surface area contributed by atoms with Crippen LogP contribution in [0.4, 0.5) is 17.6 Å². The van der Waals surface area contributed by atoms with Gasteiger partial charge in [-0.05, 0) is 37.5 Å². The Morgan fingerprint density at radius 2 is 2.09 bits per heavy atom. The van der Waals surface area contributed by atoms with Crippen molar-refractivity contribution in [2.24, 2.45) is 0 Å². The van der Waals surface area contributed by atoms with E-state index in [1.54, 1.807) is 7.11 Å². The molecule has 0 bridgehead atoms. The molecule has 0 aromatic carbocycles. The average molecular weight is 479 g/mol. The summed E-state index contributed by atoms with van der Waals surface area (Å²) >= 11 is 0. The third kappa shape index (κ3) is 6.02. The molecule has 10 nitrogen and oxygen atoms in total. The average Bonchev–Trinajstić information content (AvgIpc) is 2.90. The molecule has 1 unspecified atom stereocenters. The van der Waals surface area contributed by atoms with Crippen LogP contribution >= 0.6 is 0 Å². The first-order chi connectivity index (χ1) is 17.2. The van der Waals surface area contributed by atoms with Crippen LogP contribution in [0.3, 0.4) is 0 Å². The zero-order chi connectivity index (χ0) is 24.0. The van der Waals surface area contributed by atoms with Crippen molar-refractivity contribution in [3.63, 3.8) is 0 Å². The lowest BCUT2D eigenvalue weighted by molar-refractivity contribution is 0.0875. The van der Waals surface area contributed by atoms with Crippen LogP contribution in [0.15, 0.2) is 30.6 Å². The van der Waals surface area contributed by atoms with Crippen LogP contribution in [0.5, 0.6) is 0 Å². The Kier molecular flexibility index (Phi) is 7.63. The summed E-state index contributed by atoms with van der Waals surface area (Å²) < 4.78 is 11.2. The van der Waals surface area contributed by atoms with E-state index in [2.05, 4.69) is 36.9 Å². The number of anilines is 3. The van der Waals surface area contributed by atoms with Crippen LogP contribution in [0.2, 0.25) is 0 Å². The highest BCUT2D eigenvalue weighted by molar-refractivity contribution is 5.89. The summed E-state index contributed by atoms with van der Waals surface area (Å²) in [5.41, 5.74) is 2.79. The first kappa shape index (κ1) is 23.8. The van der Waals surface area contributed by atoms with E-state index in [1.807, 2.05) is 31.5 Å². The van der Waals surface area contributed by atoms with Gasteiger partial charge >= 0.3 is 0 Å². The van der Waals surface area contributed by atoms with Gasteiger partial charge in [-0.2, -0.15) is 0 Å². The van der Waals surface area contributed by atoms with Crippen LogP contribution in [0.25, 0.3) is 10.9 Å². The molecule has 0 spiro atoms. The van der Waals surface area contributed by atoms with Gasteiger partial charge in [0.1, 0.15) is 11.3 Å². The Morgan fingerprint density at radius 3 is 2.83 bits per heavy atom. The van der Waals surface area contributed by atoms with Crippen molar-refractivity contribution in [2.75, 3.05) is 57.1 Å². The first-order valence-corrected chi connectivity index (χ1v) is 12.4. The monoisotopic (exact) mass is 478 g/mol. The molecule has 3 aromatic heterocycles. The molecule has 0 aliphatic carbocycles. The number of hydrogen-bond donors (Lipinski definition) is 3. The largest absolute Gasteiger partial charge is 0.379 e. The maximum Gasteiger partial charge on any atom is 0.229 e. The minimum atomic E-state index is -0.135. The minimum absolute atomic E-state index is 0.135. The molecular weight excluding hydrogens is 444 g/mol. The molecule has 0 radical (unpaired) electrons. The molecule has 3 N–H and O–H groups in total. The Labute approximate surface area is 205 Å². The van der Waals surface area contributed by atoms with E-state index in [-0.39, 0.29) is 12.1 Å². The number of hydrogen-bond acceptors (Lipinski definition) is 10. The number of nitrogens with zero attached hydrogens (tertiary/aromatic N) is 5. The van der Waals surface area contributed by atoms with E-state index in [9.17, 15) is 0 Å². The lowest BCUT2D eigenvalue weighted by atomic mass is 10.1. The zero-order valence-corrected chi connectivity index (χ0v) is 20.5. The Morgan fingerprint density at radius 1 is 1.20 bits per heavy atom. The van der Waals surface area contributed by atoms with Gasteiger partial charge in [-0.3, -0.25) is 4.90 Å². The second kappa shape index (κ2) is 11.2. The van der Waals surface area contributed by atoms with Crippen molar-refractivity contribution < 1.29 is 9.47 Å². The van der Waals surface area contributed by atoms with E-state index in [0.29, 0.717) is 18.4 Å². The molecule has 35 heavy (non-hydrogen) atoms. The number of pyridine rings is 2. The fraction of sp³-hybridized carbons (Fsp3) is 0.520. The summed E-state index contributed by atoms with van der Waals surface area (Å²) in [6, 6.07) is 6.27. The predicted octanol–water partition coefficient (Wildman–Crippen LogP) is 2.87. The standard InChI is InChI=1S/C25H34N8O2/c1-17(34-2)21-12-19-14-28-25(32-23(19)24(30-21)29-20-4-3-11-35-16-20)31-22-6-5-18(13-27-22)15-33-9-7-26-8-10-33/h5-6,12-14,17,20,26H,3-4,7-11,15-16H2,1-2H3,(H,29,30)(H,27,28,31,32)/t17?,20-/m0/s1. The summed E-state index contributed by atoms with van der Waals surface area (Å²) in [7, 11) is 1.68. The number of aromatic nitrogens is 4. The van der Waals surface area contributed by atoms with Crippen LogP contribution < -0.4 is 16.0 Å². The molecular formula is C25H34N8O2. The van der Waals surface area contributed by atoms with Crippen molar-refractivity contribution in [1.82, 2.24) is 30.2 Å². The van der Waals surface area contributed by atoms with Gasteiger partial charge in [0.2, 0.25) is 5.95 Å². The van der Waals surface area contributed by atoms with Crippen LogP contribution in [-0.4, -0.2) is 77.4 Å². The van der Waals surface area contributed by atoms with Gasteiger partial charge in [0.05, 0.1) is 24.4 Å². The van der Waals surface area contributed by atoms with Crippen molar-refractivity contribution >= 4 is 28.5 Å². The molecule has 2 aliphatic heterocycles. The number of fused-ring (bicyclic) bond motifs is 1. The van der Waals surface area contributed by atoms with E-state index in [0.717, 1.165) is 74.6 Å². The highest BCUT2D eigenvalue weighted by Gasteiger charge is 2.19. The normalized spacial score (nSPS) is 20.0. The maximum atomic E-state index is 5.65. The summed E-state index contributed by atoms with van der Waals surface area (Å²) in [4.78, 5) is 21.2. The lowest BCUT2D eigenvalue weighted by Crippen LogP contribution is -2.42. The van der Waals surface area contributed by atoms with E-state index >= 15 is 0 Å². The minimum Gasteiger partial charge on any atom is -0.379 e. The quantitative estimate of drug-likeness (QED) is 0.447. The zero-order valence-electron chi connectivity index (χ0n) is 20.5. The Hall–Kier alpha value is -2.92. The second-order valence-electron chi connectivity index (χ2n) is 9.17. The number of nitrogens with one attached hydrogen (secondary N) is 3. The number of rotatable bonds is 8. The molecule has 2 saturated heterocycles. The fourth-order valence-corrected chi connectivity index (χ4v) is 4.43. The first-order valence-electron chi connectivity index (χ1n) is 12.4. The van der Waals surface area contributed by atoms with Crippen molar-refractivity contribution in [3.05, 3.63) is 41.9 Å². The van der Waals surface area contributed by atoms with Crippen LogP contribution in [0.1, 0.15) is 37.1 Å². The third-order valence-electron chi connectivity index (χ3n) is 6.54. The van der Waals surface area contributed by atoms with Gasteiger partial charge in [0.15, 0.2) is 5.82 Å². The molecule has 2 aliphatic rings. The SMILES string of the molecule is COC(C)c1cc2cnc(Nc3ccc(CN4CCNCC4)cn3)nc2c(N[C@H]2CCCOC2)n1. The maximum absolute atomic E-state index is 5.65. The summed E-state index contributed by atoms with van der Waals surface area (Å²) in [6.07, 6.45) is 5.67. The van der Waals surface area contributed by atoms with Crippen molar-refractivity contribution in [2.45, 2.75) is 38.5 Å². The van der Waals surface area contributed by atoms with Crippen molar-refractivity contribution in [3.8, 4) is 0 Å². The van der Waals surface area contributed by atoms with Gasteiger partial charge in [0, 0.05) is 64.2 Å². The van der Waals surface area contributed by atoms with Gasteiger partial charge in [0.25, 0.3) is 0 Å². The van der Waals surface area contributed by atoms with Gasteiger partial charge < -0.3 is 25.4 Å². The molecule has 3 aromatic rings. The lowest BCUT2D eigenvalue weighted by Gasteiger charge is -2.27. The fourth-order valence-electron chi connectivity index (χ4n) is 4.43. The Balaban J connectivity index is 1.35. The topological polar surface area (TPSA) is 109 Å². The smallest absolute Gasteiger partial charge is 0.229 e. The van der Waals surface area contributed by atoms with Crippen molar-refractivity contribution in [1.29, 1.82) is 0 Å². The second-order valence-corrected chi connectivity index (χ2v) is 9.17. The molecule has 2 fully saturated rings. The number of ether oxygens (including phenoxy) is 2. The molecule has 0 amide bonds. The van der Waals surface area contributed by atoms with E-state index in [4.69, 9.17) is 19.4 Å². The van der Waals surface area contributed by atoms with Crippen LogP contribution in [0, 0.1) is 0 Å². The highest BCUT2D eigenvalue weighted by Crippen LogP contribution is 2.27. The van der Waals surface area contributed by atoms with Gasteiger partial charge in [-0.1, -0.05) is 6.07 Å². The molecule has 2 atom stereocenters. The summed E-state index contributed by atoms with van der Waals surface area (Å²) in [6.45, 7) is 8.57. The predicted molar refractivity (Wildman–Crippen MR) is 136 cm³/mol. The number of methoxy groups -OCH3 is 1. The highest BCUT2D eigenvalue weighted by atomic mass is 16.5. The molecule has 10 heteroatoms. The van der Waals surface area contributed by atoms with E-state index < -0.39 is 0 Å². The molecule has 186 valence electrons. The van der Waals surface area contributed by atoms with Crippen LogP contribution in [-0.2, 0) is 16.0 Å². The summed E-state index contributed by atoms with van der Waals surface area (Å²) in [5.74, 6) is 1.92. The third-order valence-corrected chi connectivity index (χ3v) is 6.54. The number of piperazine rings is 1. The molecule has 5 heterocycles. The molecule has 0 saturated carbocycles. The summed E-state index contributed by atoms with van der Waals surface area (Å²) in [5, 5.41) is 11.1. The van der Waals surface area contributed by atoms with Gasteiger partial charge in [-0.15, -0.1) is 0 Å². The Bertz CT molecular complexity index is 1110. The van der Waals surface area contributed by atoms with E-state index in [1.165, 1.54) is 5.56 Å². The molecule has 5 rings (SSSR count).